The Morgan fingerprint density at radius 3 is 2.95 bits per heavy atom. The lowest BCUT2D eigenvalue weighted by atomic mass is 10.1. The van der Waals surface area contributed by atoms with E-state index in [1.807, 2.05) is 12.1 Å². The summed E-state index contributed by atoms with van der Waals surface area (Å²) in [6.45, 7) is 3.28. The Bertz CT molecular complexity index is 621. The van der Waals surface area contributed by atoms with Crippen LogP contribution in [0.3, 0.4) is 0 Å². The zero-order valence-electron chi connectivity index (χ0n) is 11.5. The first-order valence-corrected chi connectivity index (χ1v) is 6.86. The summed E-state index contributed by atoms with van der Waals surface area (Å²) in [7, 11) is 0. The van der Waals surface area contributed by atoms with Gasteiger partial charge in [0.05, 0.1) is 6.54 Å². The Hall–Kier alpha value is -2.17. The largest absolute Gasteiger partial charge is 0.337 e. The summed E-state index contributed by atoms with van der Waals surface area (Å²) in [6, 6.07) is 8.15. The first-order chi connectivity index (χ1) is 9.72. The predicted octanol–water partition coefficient (Wildman–Crippen LogP) is 2.09. The monoisotopic (exact) mass is 271 g/mol. The van der Waals surface area contributed by atoms with Crippen molar-refractivity contribution in [3.8, 4) is 0 Å². The summed E-state index contributed by atoms with van der Waals surface area (Å²) >= 11 is 0. The van der Waals surface area contributed by atoms with E-state index in [1.54, 1.807) is 4.90 Å². The number of aromatic nitrogens is 2. The van der Waals surface area contributed by atoms with Gasteiger partial charge in [-0.25, -0.2) is 0 Å². The lowest BCUT2D eigenvalue weighted by Gasteiger charge is -2.11. The molecule has 0 atom stereocenters. The molecule has 1 aromatic carbocycles. The van der Waals surface area contributed by atoms with E-state index in [0.29, 0.717) is 31.1 Å². The van der Waals surface area contributed by atoms with Crippen molar-refractivity contribution in [2.24, 2.45) is 0 Å². The third kappa shape index (κ3) is 2.71. The molecule has 3 rings (SSSR count). The van der Waals surface area contributed by atoms with Crippen LogP contribution in [0.1, 0.15) is 35.7 Å². The van der Waals surface area contributed by atoms with Crippen molar-refractivity contribution in [1.82, 2.24) is 15.0 Å². The van der Waals surface area contributed by atoms with E-state index in [0.717, 1.165) is 13.0 Å². The van der Waals surface area contributed by atoms with Crippen molar-refractivity contribution in [3.05, 3.63) is 47.1 Å². The van der Waals surface area contributed by atoms with Gasteiger partial charge in [-0.2, -0.15) is 4.98 Å². The van der Waals surface area contributed by atoms with Crippen LogP contribution in [0.4, 0.5) is 0 Å². The van der Waals surface area contributed by atoms with Crippen LogP contribution in [0.25, 0.3) is 0 Å². The summed E-state index contributed by atoms with van der Waals surface area (Å²) in [5, 5.41) is 4.00. The SMILES string of the molecule is Cc1ccccc1Cc1noc(CN2CCCC2=O)n1. The molecule has 0 bridgehead atoms. The maximum Gasteiger partial charge on any atom is 0.246 e. The van der Waals surface area contributed by atoms with Gasteiger partial charge in [-0.05, 0) is 24.5 Å². The Labute approximate surface area is 117 Å². The van der Waals surface area contributed by atoms with Gasteiger partial charge in [0.1, 0.15) is 0 Å². The second kappa shape index (κ2) is 5.45. The number of aryl methyl sites for hydroxylation is 1. The fourth-order valence-electron chi connectivity index (χ4n) is 2.44. The van der Waals surface area contributed by atoms with Gasteiger partial charge in [-0.1, -0.05) is 29.4 Å². The second-order valence-electron chi connectivity index (χ2n) is 5.13. The van der Waals surface area contributed by atoms with E-state index < -0.39 is 0 Å². The fraction of sp³-hybridized carbons (Fsp3) is 0.400. The summed E-state index contributed by atoms with van der Waals surface area (Å²) in [5.74, 6) is 1.36. The summed E-state index contributed by atoms with van der Waals surface area (Å²) in [5.41, 5.74) is 2.41. The van der Waals surface area contributed by atoms with Gasteiger partial charge in [-0.3, -0.25) is 4.79 Å². The zero-order valence-corrected chi connectivity index (χ0v) is 11.5. The second-order valence-corrected chi connectivity index (χ2v) is 5.13. The van der Waals surface area contributed by atoms with Crippen LogP contribution < -0.4 is 0 Å². The van der Waals surface area contributed by atoms with Crippen LogP contribution >= 0.6 is 0 Å². The third-order valence-electron chi connectivity index (χ3n) is 3.62. The van der Waals surface area contributed by atoms with Crippen LogP contribution in [0.5, 0.6) is 0 Å². The predicted molar refractivity (Wildman–Crippen MR) is 72.9 cm³/mol. The van der Waals surface area contributed by atoms with Gasteiger partial charge in [0.2, 0.25) is 11.8 Å². The lowest BCUT2D eigenvalue weighted by Crippen LogP contribution is -2.23. The smallest absolute Gasteiger partial charge is 0.246 e. The number of nitrogens with zero attached hydrogens (tertiary/aromatic N) is 3. The first-order valence-electron chi connectivity index (χ1n) is 6.86. The molecule has 0 saturated carbocycles. The minimum atomic E-state index is 0.170. The Kier molecular flexibility index (Phi) is 3.50. The Morgan fingerprint density at radius 1 is 1.35 bits per heavy atom. The van der Waals surface area contributed by atoms with Crippen LogP contribution in [0.15, 0.2) is 28.8 Å². The van der Waals surface area contributed by atoms with Crippen LogP contribution in [-0.4, -0.2) is 27.5 Å². The number of amides is 1. The number of hydrogen-bond acceptors (Lipinski definition) is 4. The number of benzene rings is 1. The molecule has 1 aromatic heterocycles. The molecule has 5 nitrogen and oxygen atoms in total. The topological polar surface area (TPSA) is 59.2 Å². The van der Waals surface area contributed by atoms with Gasteiger partial charge in [-0.15, -0.1) is 0 Å². The molecule has 1 aliphatic rings. The molecule has 0 radical (unpaired) electrons. The van der Waals surface area contributed by atoms with E-state index in [2.05, 4.69) is 29.2 Å². The minimum absolute atomic E-state index is 0.170. The summed E-state index contributed by atoms with van der Waals surface area (Å²) in [6.07, 6.45) is 2.21. The quantitative estimate of drug-likeness (QED) is 0.854. The van der Waals surface area contributed by atoms with Crippen LogP contribution in [0, 0.1) is 6.92 Å². The molecule has 1 aliphatic heterocycles. The maximum absolute atomic E-state index is 11.6. The van der Waals surface area contributed by atoms with Crippen molar-refractivity contribution in [2.45, 2.75) is 32.7 Å². The highest BCUT2D eigenvalue weighted by molar-refractivity contribution is 5.77. The third-order valence-corrected chi connectivity index (χ3v) is 3.62. The molecule has 5 heteroatoms. The zero-order chi connectivity index (χ0) is 13.9. The molecule has 1 saturated heterocycles. The van der Waals surface area contributed by atoms with Crippen molar-refractivity contribution < 1.29 is 9.32 Å². The van der Waals surface area contributed by atoms with Gasteiger partial charge < -0.3 is 9.42 Å². The maximum atomic E-state index is 11.6. The lowest BCUT2D eigenvalue weighted by molar-refractivity contribution is -0.128. The van der Waals surface area contributed by atoms with Gasteiger partial charge >= 0.3 is 0 Å². The molecule has 0 aliphatic carbocycles. The van der Waals surface area contributed by atoms with E-state index in [-0.39, 0.29) is 5.91 Å². The van der Waals surface area contributed by atoms with E-state index in [1.165, 1.54) is 11.1 Å². The molecule has 2 heterocycles. The first kappa shape index (κ1) is 12.8. The van der Waals surface area contributed by atoms with Crippen LogP contribution in [0.2, 0.25) is 0 Å². The number of rotatable bonds is 4. The number of likely N-dealkylation sites (tertiary alicyclic amines) is 1. The Morgan fingerprint density at radius 2 is 2.20 bits per heavy atom. The molecule has 2 aromatic rings. The van der Waals surface area contributed by atoms with Crippen molar-refractivity contribution in [2.75, 3.05) is 6.54 Å². The van der Waals surface area contributed by atoms with Crippen LogP contribution in [-0.2, 0) is 17.8 Å². The van der Waals surface area contributed by atoms with Crippen molar-refractivity contribution >= 4 is 5.91 Å². The van der Waals surface area contributed by atoms with Crippen molar-refractivity contribution in [1.29, 1.82) is 0 Å². The molecule has 0 spiro atoms. The average Bonchev–Trinajstić information content (AvgIpc) is 3.03. The molecule has 20 heavy (non-hydrogen) atoms. The summed E-state index contributed by atoms with van der Waals surface area (Å²) < 4.78 is 5.23. The average molecular weight is 271 g/mol. The van der Waals surface area contributed by atoms with Crippen molar-refractivity contribution in [3.63, 3.8) is 0 Å². The molecule has 0 N–H and O–H groups in total. The van der Waals surface area contributed by atoms with E-state index in [9.17, 15) is 4.79 Å². The standard InChI is InChI=1S/C15H17N3O2/c1-11-5-2-3-6-12(11)9-13-16-14(20-17-13)10-18-8-4-7-15(18)19/h2-3,5-6H,4,7-10H2,1H3. The van der Waals surface area contributed by atoms with E-state index >= 15 is 0 Å². The van der Waals surface area contributed by atoms with Gasteiger partial charge in [0.15, 0.2) is 5.82 Å². The molecular formula is C15H17N3O2. The molecule has 104 valence electrons. The Balaban J connectivity index is 1.68. The van der Waals surface area contributed by atoms with E-state index in [4.69, 9.17) is 4.52 Å². The molecule has 0 unspecified atom stereocenters. The summed E-state index contributed by atoms with van der Waals surface area (Å²) in [4.78, 5) is 17.7. The highest BCUT2D eigenvalue weighted by Gasteiger charge is 2.22. The van der Waals surface area contributed by atoms with Gasteiger partial charge in [0.25, 0.3) is 0 Å². The fourth-order valence-corrected chi connectivity index (χ4v) is 2.44. The molecule has 1 fully saturated rings. The highest BCUT2D eigenvalue weighted by atomic mass is 16.5. The highest BCUT2D eigenvalue weighted by Crippen LogP contribution is 2.15. The molecule has 1 amide bonds. The number of carbonyl (C=O) groups excluding carboxylic acids is 1. The number of hydrogen-bond donors (Lipinski definition) is 0. The number of carbonyl (C=O) groups is 1. The van der Waals surface area contributed by atoms with Gasteiger partial charge in [0, 0.05) is 19.4 Å². The molecular weight excluding hydrogens is 254 g/mol. The minimum Gasteiger partial charge on any atom is -0.337 e. The normalized spacial score (nSPS) is 15.1.